The maximum Gasteiger partial charge on any atom is 0.305 e. The fourth-order valence-electron chi connectivity index (χ4n) is 2.10. The second-order valence-corrected chi connectivity index (χ2v) is 6.34. The van der Waals surface area contributed by atoms with Gasteiger partial charge < -0.3 is 9.52 Å². The zero-order chi connectivity index (χ0) is 15.7. The Morgan fingerprint density at radius 2 is 2.18 bits per heavy atom. The van der Waals surface area contributed by atoms with Crippen molar-refractivity contribution in [2.24, 2.45) is 0 Å². The van der Waals surface area contributed by atoms with E-state index in [4.69, 9.17) is 21.7 Å². The first-order chi connectivity index (χ1) is 10.5. The normalized spacial score (nSPS) is 16.9. The number of carbonyl (C=O) groups excluding carboxylic acids is 1. The van der Waals surface area contributed by atoms with Crippen LogP contribution in [0.2, 0.25) is 0 Å². The van der Waals surface area contributed by atoms with Crippen molar-refractivity contribution in [1.82, 2.24) is 4.90 Å². The summed E-state index contributed by atoms with van der Waals surface area (Å²) in [5.41, 5.74) is 0.745. The summed E-state index contributed by atoms with van der Waals surface area (Å²) in [6.07, 6.45) is 1.50. The molecule has 1 N–H and O–H groups in total. The third kappa shape index (κ3) is 2.90. The SMILES string of the molecule is O=C(O)CCN1C(=O)C(=Cc2cc3ccccc3o2)SC1=S. The lowest BCUT2D eigenvalue weighted by molar-refractivity contribution is -0.137. The average molecular weight is 333 g/mol. The molecule has 1 aromatic carbocycles. The Morgan fingerprint density at radius 1 is 1.41 bits per heavy atom. The molecule has 0 radical (unpaired) electrons. The van der Waals surface area contributed by atoms with E-state index in [-0.39, 0.29) is 18.9 Å². The summed E-state index contributed by atoms with van der Waals surface area (Å²) in [6.45, 7) is 0.0808. The summed E-state index contributed by atoms with van der Waals surface area (Å²) in [6, 6.07) is 9.41. The van der Waals surface area contributed by atoms with E-state index in [9.17, 15) is 9.59 Å². The number of carboxylic acid groups (broad SMARTS) is 1. The number of fused-ring (bicyclic) bond motifs is 1. The Labute approximate surface area is 135 Å². The van der Waals surface area contributed by atoms with Crippen molar-refractivity contribution in [2.75, 3.05) is 6.54 Å². The summed E-state index contributed by atoms with van der Waals surface area (Å²) in [5.74, 6) is -0.674. The van der Waals surface area contributed by atoms with Crippen LogP contribution in [0.15, 0.2) is 39.7 Å². The Hall–Kier alpha value is -2.12. The van der Waals surface area contributed by atoms with Gasteiger partial charge in [-0.25, -0.2) is 0 Å². The van der Waals surface area contributed by atoms with Crippen molar-refractivity contribution in [3.63, 3.8) is 0 Å². The van der Waals surface area contributed by atoms with E-state index < -0.39 is 5.97 Å². The van der Waals surface area contributed by atoms with Gasteiger partial charge in [-0.1, -0.05) is 42.2 Å². The molecular weight excluding hydrogens is 322 g/mol. The molecular formula is C15H11NO4S2. The van der Waals surface area contributed by atoms with Crippen LogP contribution in [0, 0.1) is 0 Å². The lowest BCUT2D eigenvalue weighted by Crippen LogP contribution is -2.30. The van der Waals surface area contributed by atoms with Crippen LogP contribution < -0.4 is 0 Å². The predicted octanol–water partition coefficient (Wildman–Crippen LogP) is 3.11. The molecule has 0 bridgehead atoms. The highest BCUT2D eigenvalue weighted by Gasteiger charge is 2.32. The van der Waals surface area contributed by atoms with Crippen molar-refractivity contribution in [1.29, 1.82) is 0 Å². The number of amides is 1. The van der Waals surface area contributed by atoms with Gasteiger partial charge in [0.05, 0.1) is 11.3 Å². The highest BCUT2D eigenvalue weighted by molar-refractivity contribution is 8.26. The molecule has 1 amide bonds. The number of thioether (sulfide) groups is 1. The van der Waals surface area contributed by atoms with E-state index in [1.54, 1.807) is 6.08 Å². The van der Waals surface area contributed by atoms with Crippen molar-refractivity contribution >= 4 is 57.2 Å². The molecule has 0 unspecified atom stereocenters. The van der Waals surface area contributed by atoms with Crippen LogP contribution in [0.5, 0.6) is 0 Å². The minimum atomic E-state index is -0.963. The number of nitrogens with zero attached hydrogens (tertiary/aromatic N) is 1. The second kappa shape index (κ2) is 5.94. The standard InChI is InChI=1S/C15H11NO4S2/c17-13(18)5-6-16-14(19)12(22-15(16)21)8-10-7-9-3-1-2-4-11(9)20-10/h1-4,7-8H,5-6H2,(H,17,18). The smallest absolute Gasteiger partial charge is 0.305 e. The molecule has 1 aliphatic rings. The lowest BCUT2D eigenvalue weighted by atomic mass is 10.2. The van der Waals surface area contributed by atoms with E-state index in [2.05, 4.69) is 0 Å². The van der Waals surface area contributed by atoms with Gasteiger partial charge in [0, 0.05) is 18.0 Å². The van der Waals surface area contributed by atoms with Crippen LogP contribution >= 0.6 is 24.0 Å². The minimum absolute atomic E-state index is 0.0808. The number of hydrogen-bond acceptors (Lipinski definition) is 5. The van der Waals surface area contributed by atoms with Crippen LogP contribution in [-0.4, -0.2) is 32.7 Å². The van der Waals surface area contributed by atoms with Gasteiger partial charge in [0.1, 0.15) is 15.7 Å². The molecule has 0 atom stereocenters. The first kappa shape index (κ1) is 14.8. The summed E-state index contributed by atoms with van der Waals surface area (Å²) in [7, 11) is 0. The molecule has 3 rings (SSSR count). The van der Waals surface area contributed by atoms with E-state index in [0.29, 0.717) is 15.0 Å². The Kier molecular flexibility index (Phi) is 4.00. The first-order valence-electron chi connectivity index (χ1n) is 6.50. The summed E-state index contributed by atoms with van der Waals surface area (Å²) in [4.78, 5) is 24.6. The topological polar surface area (TPSA) is 70.8 Å². The van der Waals surface area contributed by atoms with E-state index in [1.807, 2.05) is 30.3 Å². The minimum Gasteiger partial charge on any atom is -0.481 e. The third-order valence-electron chi connectivity index (χ3n) is 3.14. The Morgan fingerprint density at radius 3 is 2.91 bits per heavy atom. The molecule has 7 heteroatoms. The van der Waals surface area contributed by atoms with E-state index >= 15 is 0 Å². The molecule has 0 spiro atoms. The van der Waals surface area contributed by atoms with Gasteiger partial charge in [0.25, 0.3) is 5.91 Å². The number of furan rings is 1. The van der Waals surface area contributed by atoms with Crippen molar-refractivity contribution < 1.29 is 19.1 Å². The quantitative estimate of drug-likeness (QED) is 0.685. The Balaban J connectivity index is 1.84. The van der Waals surface area contributed by atoms with Gasteiger partial charge in [-0.05, 0) is 12.1 Å². The molecule has 1 aromatic heterocycles. The molecule has 2 aromatic rings. The van der Waals surface area contributed by atoms with Crippen LogP contribution in [-0.2, 0) is 9.59 Å². The molecule has 22 heavy (non-hydrogen) atoms. The van der Waals surface area contributed by atoms with Gasteiger partial charge in [0.15, 0.2) is 0 Å². The van der Waals surface area contributed by atoms with Crippen LogP contribution in [0.3, 0.4) is 0 Å². The number of aliphatic carboxylic acids is 1. The molecule has 2 heterocycles. The van der Waals surface area contributed by atoms with Gasteiger partial charge >= 0.3 is 5.97 Å². The molecule has 1 aliphatic heterocycles. The summed E-state index contributed by atoms with van der Waals surface area (Å²) < 4.78 is 6.02. The maximum atomic E-state index is 12.3. The highest BCUT2D eigenvalue weighted by atomic mass is 32.2. The third-order valence-corrected chi connectivity index (χ3v) is 4.52. The highest BCUT2D eigenvalue weighted by Crippen LogP contribution is 2.33. The monoisotopic (exact) mass is 333 g/mol. The first-order valence-corrected chi connectivity index (χ1v) is 7.73. The number of carbonyl (C=O) groups is 2. The molecule has 0 aliphatic carbocycles. The maximum absolute atomic E-state index is 12.3. The summed E-state index contributed by atoms with van der Waals surface area (Å²) in [5, 5.41) is 9.66. The van der Waals surface area contributed by atoms with Crippen molar-refractivity contribution in [3.8, 4) is 0 Å². The fraction of sp³-hybridized carbons (Fsp3) is 0.133. The van der Waals surface area contributed by atoms with Gasteiger partial charge in [-0.3, -0.25) is 14.5 Å². The van der Waals surface area contributed by atoms with Crippen LogP contribution in [0.1, 0.15) is 12.2 Å². The lowest BCUT2D eigenvalue weighted by Gasteiger charge is -2.12. The fourth-order valence-corrected chi connectivity index (χ4v) is 3.39. The van der Waals surface area contributed by atoms with E-state index in [1.165, 1.54) is 4.90 Å². The average Bonchev–Trinajstić information content (AvgIpc) is 2.99. The van der Waals surface area contributed by atoms with E-state index in [0.717, 1.165) is 22.7 Å². The molecule has 5 nitrogen and oxygen atoms in total. The molecule has 112 valence electrons. The predicted molar refractivity (Wildman–Crippen MR) is 88.3 cm³/mol. The van der Waals surface area contributed by atoms with Gasteiger partial charge in [-0.2, -0.15) is 0 Å². The van der Waals surface area contributed by atoms with Crippen molar-refractivity contribution in [2.45, 2.75) is 6.42 Å². The van der Waals surface area contributed by atoms with Crippen LogP contribution in [0.25, 0.3) is 17.0 Å². The van der Waals surface area contributed by atoms with Gasteiger partial charge in [-0.15, -0.1) is 0 Å². The van der Waals surface area contributed by atoms with Crippen molar-refractivity contribution in [3.05, 3.63) is 41.0 Å². The largest absolute Gasteiger partial charge is 0.481 e. The molecule has 0 saturated carbocycles. The zero-order valence-electron chi connectivity index (χ0n) is 11.3. The molecule has 1 fully saturated rings. The second-order valence-electron chi connectivity index (χ2n) is 4.66. The zero-order valence-corrected chi connectivity index (χ0v) is 12.9. The van der Waals surface area contributed by atoms with Gasteiger partial charge in [0.2, 0.25) is 0 Å². The number of rotatable bonds is 4. The number of para-hydroxylation sites is 1. The number of hydrogen-bond donors (Lipinski definition) is 1. The van der Waals surface area contributed by atoms with Crippen LogP contribution in [0.4, 0.5) is 0 Å². The number of benzene rings is 1. The Bertz CT molecular complexity index is 776. The molecule has 1 saturated heterocycles. The number of carboxylic acids is 1. The summed E-state index contributed by atoms with van der Waals surface area (Å²) >= 11 is 6.29. The number of thiocarbonyl (C=S) groups is 1.